The van der Waals surface area contributed by atoms with Crippen LogP contribution in [0.5, 0.6) is 0 Å². The van der Waals surface area contributed by atoms with Crippen LogP contribution in [-0.2, 0) is 4.79 Å². The fourth-order valence-corrected chi connectivity index (χ4v) is 3.83. The summed E-state index contributed by atoms with van der Waals surface area (Å²) >= 11 is 0. The molecule has 0 bridgehead atoms. The lowest BCUT2D eigenvalue weighted by Gasteiger charge is -2.36. The van der Waals surface area contributed by atoms with Gasteiger partial charge in [0.15, 0.2) is 0 Å². The minimum absolute atomic E-state index is 0.0791. The fourth-order valence-electron chi connectivity index (χ4n) is 3.83. The van der Waals surface area contributed by atoms with Crippen LogP contribution in [0, 0.1) is 5.92 Å². The first-order chi connectivity index (χ1) is 9.24. The Morgan fingerprint density at radius 1 is 1.11 bits per heavy atom. The molecule has 0 aromatic carbocycles. The molecule has 2 aliphatic rings. The highest BCUT2D eigenvalue weighted by molar-refractivity contribution is 5.77. The quantitative estimate of drug-likeness (QED) is 0.776. The Balaban J connectivity index is 1.67. The maximum Gasteiger partial charge on any atom is 0.221 e. The molecule has 0 radical (unpaired) electrons. The van der Waals surface area contributed by atoms with Crippen molar-refractivity contribution >= 4 is 5.91 Å². The average molecular weight is 266 g/mol. The van der Waals surface area contributed by atoms with Crippen LogP contribution in [0.15, 0.2) is 0 Å². The van der Waals surface area contributed by atoms with Gasteiger partial charge >= 0.3 is 0 Å². The standard InChI is InChI=1S/C16H30N2O/c1-17-16(10-5-2-6-11-16)13-15(19)18-12-9-14-7-3-4-8-14/h14,17H,2-13H2,1H3,(H,18,19). The summed E-state index contributed by atoms with van der Waals surface area (Å²) in [6.07, 6.45) is 13.5. The molecule has 0 saturated heterocycles. The first kappa shape index (κ1) is 14.8. The van der Waals surface area contributed by atoms with Crippen LogP contribution in [-0.4, -0.2) is 25.0 Å². The van der Waals surface area contributed by atoms with Crippen molar-refractivity contribution in [3.05, 3.63) is 0 Å². The summed E-state index contributed by atoms with van der Waals surface area (Å²) in [5, 5.41) is 6.56. The Morgan fingerprint density at radius 2 is 1.79 bits per heavy atom. The zero-order valence-corrected chi connectivity index (χ0v) is 12.5. The summed E-state index contributed by atoms with van der Waals surface area (Å²) in [5.41, 5.74) is 0.0791. The molecule has 3 nitrogen and oxygen atoms in total. The molecule has 0 unspecified atom stereocenters. The lowest BCUT2D eigenvalue weighted by Crippen LogP contribution is -2.48. The highest BCUT2D eigenvalue weighted by Gasteiger charge is 2.32. The molecular weight excluding hydrogens is 236 g/mol. The monoisotopic (exact) mass is 266 g/mol. The van der Waals surface area contributed by atoms with E-state index in [0.717, 1.165) is 25.3 Å². The zero-order valence-electron chi connectivity index (χ0n) is 12.5. The summed E-state index contributed by atoms with van der Waals surface area (Å²) in [6, 6.07) is 0. The third kappa shape index (κ3) is 4.48. The molecule has 0 aromatic heterocycles. The number of hydrogen-bond acceptors (Lipinski definition) is 2. The molecule has 2 saturated carbocycles. The van der Waals surface area contributed by atoms with Crippen molar-refractivity contribution in [1.29, 1.82) is 0 Å². The fraction of sp³-hybridized carbons (Fsp3) is 0.938. The van der Waals surface area contributed by atoms with Gasteiger partial charge in [-0.1, -0.05) is 44.9 Å². The predicted octanol–water partition coefficient (Wildman–Crippen LogP) is 3.00. The summed E-state index contributed by atoms with van der Waals surface area (Å²) < 4.78 is 0. The Kier molecular flexibility index (Phi) is 5.68. The van der Waals surface area contributed by atoms with E-state index in [4.69, 9.17) is 0 Å². The van der Waals surface area contributed by atoms with Gasteiger partial charge in [-0.05, 0) is 32.2 Å². The summed E-state index contributed by atoms with van der Waals surface area (Å²) in [6.45, 7) is 0.878. The zero-order chi connectivity index (χ0) is 13.6. The van der Waals surface area contributed by atoms with Crippen LogP contribution < -0.4 is 10.6 Å². The summed E-state index contributed by atoms with van der Waals surface area (Å²) in [4.78, 5) is 12.1. The van der Waals surface area contributed by atoms with E-state index in [-0.39, 0.29) is 11.4 Å². The smallest absolute Gasteiger partial charge is 0.221 e. The average Bonchev–Trinajstić information content (AvgIpc) is 2.93. The van der Waals surface area contributed by atoms with E-state index in [1.54, 1.807) is 0 Å². The molecule has 1 amide bonds. The van der Waals surface area contributed by atoms with Crippen LogP contribution in [0.1, 0.15) is 70.6 Å². The minimum Gasteiger partial charge on any atom is -0.356 e. The van der Waals surface area contributed by atoms with Crippen molar-refractivity contribution < 1.29 is 4.79 Å². The lowest BCUT2D eigenvalue weighted by molar-refractivity contribution is -0.122. The first-order valence-electron chi connectivity index (χ1n) is 8.20. The number of carbonyl (C=O) groups excluding carboxylic acids is 1. The normalized spacial score (nSPS) is 23.4. The van der Waals surface area contributed by atoms with Crippen LogP contribution in [0.4, 0.5) is 0 Å². The maximum atomic E-state index is 12.1. The van der Waals surface area contributed by atoms with Crippen molar-refractivity contribution in [1.82, 2.24) is 10.6 Å². The molecule has 19 heavy (non-hydrogen) atoms. The molecule has 3 heteroatoms. The molecule has 2 N–H and O–H groups in total. The van der Waals surface area contributed by atoms with E-state index in [9.17, 15) is 4.79 Å². The van der Waals surface area contributed by atoms with Crippen molar-refractivity contribution in [2.24, 2.45) is 5.92 Å². The molecule has 110 valence electrons. The number of rotatable bonds is 6. The molecule has 0 heterocycles. The van der Waals surface area contributed by atoms with E-state index in [1.165, 1.54) is 51.4 Å². The second-order valence-corrected chi connectivity index (χ2v) is 6.56. The first-order valence-corrected chi connectivity index (χ1v) is 8.20. The SMILES string of the molecule is CNC1(CC(=O)NCCC2CCCC2)CCCCC1. The van der Waals surface area contributed by atoms with Crippen LogP contribution in [0.2, 0.25) is 0 Å². The van der Waals surface area contributed by atoms with Crippen molar-refractivity contribution in [2.45, 2.75) is 76.2 Å². The van der Waals surface area contributed by atoms with Gasteiger partial charge in [-0.15, -0.1) is 0 Å². The Hall–Kier alpha value is -0.570. The van der Waals surface area contributed by atoms with Gasteiger partial charge < -0.3 is 10.6 Å². The van der Waals surface area contributed by atoms with E-state index >= 15 is 0 Å². The topological polar surface area (TPSA) is 41.1 Å². The van der Waals surface area contributed by atoms with Crippen LogP contribution in [0.3, 0.4) is 0 Å². The largest absolute Gasteiger partial charge is 0.356 e. The van der Waals surface area contributed by atoms with Crippen molar-refractivity contribution in [2.75, 3.05) is 13.6 Å². The molecule has 0 spiro atoms. The predicted molar refractivity (Wildman–Crippen MR) is 79.1 cm³/mol. The minimum atomic E-state index is 0.0791. The molecule has 2 rings (SSSR count). The van der Waals surface area contributed by atoms with Gasteiger partial charge in [-0.2, -0.15) is 0 Å². The molecular formula is C16H30N2O. The maximum absolute atomic E-state index is 12.1. The van der Waals surface area contributed by atoms with Gasteiger partial charge in [0.1, 0.15) is 0 Å². The van der Waals surface area contributed by atoms with Gasteiger partial charge in [-0.25, -0.2) is 0 Å². The van der Waals surface area contributed by atoms with Crippen LogP contribution >= 0.6 is 0 Å². The second kappa shape index (κ2) is 7.28. The molecule has 0 aliphatic heterocycles. The highest BCUT2D eigenvalue weighted by Crippen LogP contribution is 2.30. The van der Waals surface area contributed by atoms with Gasteiger partial charge in [0.25, 0.3) is 0 Å². The number of hydrogen-bond donors (Lipinski definition) is 2. The number of carbonyl (C=O) groups is 1. The third-order valence-corrected chi connectivity index (χ3v) is 5.19. The van der Waals surface area contributed by atoms with Crippen molar-refractivity contribution in [3.8, 4) is 0 Å². The number of amides is 1. The lowest BCUT2D eigenvalue weighted by atomic mass is 9.79. The summed E-state index contributed by atoms with van der Waals surface area (Å²) in [7, 11) is 2.01. The Morgan fingerprint density at radius 3 is 2.42 bits per heavy atom. The van der Waals surface area contributed by atoms with E-state index in [0.29, 0.717) is 6.42 Å². The van der Waals surface area contributed by atoms with Crippen molar-refractivity contribution in [3.63, 3.8) is 0 Å². The Bertz CT molecular complexity index is 278. The second-order valence-electron chi connectivity index (χ2n) is 6.56. The van der Waals surface area contributed by atoms with E-state index < -0.39 is 0 Å². The van der Waals surface area contributed by atoms with Gasteiger partial charge in [0, 0.05) is 18.5 Å². The van der Waals surface area contributed by atoms with Gasteiger partial charge in [0.05, 0.1) is 0 Å². The van der Waals surface area contributed by atoms with Gasteiger partial charge in [-0.3, -0.25) is 4.79 Å². The summed E-state index contributed by atoms with van der Waals surface area (Å²) in [5.74, 6) is 1.11. The molecule has 0 aromatic rings. The Labute approximate surface area is 117 Å². The highest BCUT2D eigenvalue weighted by atomic mass is 16.1. The molecule has 2 fully saturated rings. The van der Waals surface area contributed by atoms with Crippen LogP contribution in [0.25, 0.3) is 0 Å². The third-order valence-electron chi connectivity index (χ3n) is 5.19. The van der Waals surface area contributed by atoms with Gasteiger partial charge in [0.2, 0.25) is 5.91 Å². The van der Waals surface area contributed by atoms with E-state index in [1.807, 2.05) is 7.05 Å². The molecule has 0 atom stereocenters. The van der Waals surface area contributed by atoms with E-state index in [2.05, 4.69) is 10.6 Å². The number of nitrogens with one attached hydrogen (secondary N) is 2. The molecule has 2 aliphatic carbocycles.